The molecule has 1 aliphatic heterocycles. The zero-order chi connectivity index (χ0) is 20.2. The molecule has 0 saturated carbocycles. The zero-order valence-electron chi connectivity index (χ0n) is 16.9. The summed E-state index contributed by atoms with van der Waals surface area (Å²) < 4.78 is 5.49. The fourth-order valence-corrected chi connectivity index (χ4v) is 4.78. The summed E-state index contributed by atoms with van der Waals surface area (Å²) in [6.45, 7) is 5.87. The smallest absolute Gasteiger partial charge is 0.220 e. The number of benzene rings is 2. The van der Waals surface area contributed by atoms with Crippen LogP contribution in [0.3, 0.4) is 0 Å². The molecule has 0 saturated heterocycles. The van der Waals surface area contributed by atoms with Crippen molar-refractivity contribution in [2.24, 2.45) is 0 Å². The van der Waals surface area contributed by atoms with E-state index in [2.05, 4.69) is 53.2 Å². The van der Waals surface area contributed by atoms with Crippen LogP contribution in [0.1, 0.15) is 41.5 Å². The third kappa shape index (κ3) is 4.30. The number of amides is 1. The fourth-order valence-electron chi connectivity index (χ4n) is 3.87. The van der Waals surface area contributed by atoms with Crippen LogP contribution in [0.4, 0.5) is 5.69 Å². The average molecular weight is 407 g/mol. The summed E-state index contributed by atoms with van der Waals surface area (Å²) in [5, 5.41) is 5.60. The highest BCUT2D eigenvalue weighted by molar-refractivity contribution is 7.10. The fraction of sp³-hybridized carbons (Fsp3) is 0.292. The Morgan fingerprint density at radius 2 is 1.90 bits per heavy atom. The van der Waals surface area contributed by atoms with Crippen LogP contribution >= 0.6 is 11.3 Å². The minimum atomic E-state index is 0.0164. The number of ether oxygens (including phenoxy) is 1. The van der Waals surface area contributed by atoms with Crippen molar-refractivity contribution in [2.75, 3.05) is 18.5 Å². The molecule has 0 aliphatic carbocycles. The van der Waals surface area contributed by atoms with E-state index in [9.17, 15) is 4.79 Å². The molecule has 1 atom stereocenters. The van der Waals surface area contributed by atoms with Gasteiger partial charge in [0.25, 0.3) is 0 Å². The van der Waals surface area contributed by atoms with Gasteiger partial charge in [0.15, 0.2) is 0 Å². The molecule has 4 rings (SSSR count). The van der Waals surface area contributed by atoms with Crippen molar-refractivity contribution < 1.29 is 9.53 Å². The predicted octanol–water partition coefficient (Wildman–Crippen LogP) is 5.25. The van der Waals surface area contributed by atoms with Gasteiger partial charge in [-0.05, 0) is 65.7 Å². The highest BCUT2D eigenvalue weighted by atomic mass is 32.1. The number of nitrogens with one attached hydrogen (secondary N) is 1. The molecule has 150 valence electrons. The van der Waals surface area contributed by atoms with Crippen LogP contribution in [0.2, 0.25) is 0 Å². The van der Waals surface area contributed by atoms with Crippen molar-refractivity contribution >= 4 is 22.9 Å². The number of hydrogen-bond donors (Lipinski definition) is 1. The number of rotatable bonds is 6. The SMILES string of the molecule is CCOc1ccc(CNc2ccc(C3c4ccsc4CCN3C(C)=O)cc2)cc1. The molecule has 29 heavy (non-hydrogen) atoms. The molecule has 5 heteroatoms. The lowest BCUT2D eigenvalue weighted by Crippen LogP contribution is -2.38. The number of fused-ring (bicyclic) bond motifs is 1. The van der Waals surface area contributed by atoms with E-state index in [1.54, 1.807) is 18.3 Å². The van der Waals surface area contributed by atoms with Crippen molar-refractivity contribution in [1.29, 1.82) is 0 Å². The molecular formula is C24H26N2O2S. The second-order valence-corrected chi connectivity index (χ2v) is 8.22. The summed E-state index contributed by atoms with van der Waals surface area (Å²) in [5.41, 5.74) is 4.70. The second-order valence-electron chi connectivity index (χ2n) is 7.22. The van der Waals surface area contributed by atoms with Crippen molar-refractivity contribution in [3.63, 3.8) is 0 Å². The van der Waals surface area contributed by atoms with Crippen LogP contribution in [-0.2, 0) is 17.8 Å². The summed E-state index contributed by atoms with van der Waals surface area (Å²) in [6.07, 6.45) is 0.949. The number of anilines is 1. The monoisotopic (exact) mass is 406 g/mol. The molecule has 1 unspecified atom stereocenters. The van der Waals surface area contributed by atoms with E-state index >= 15 is 0 Å². The Kier molecular flexibility index (Phi) is 5.86. The summed E-state index contributed by atoms with van der Waals surface area (Å²) in [4.78, 5) is 15.6. The van der Waals surface area contributed by atoms with E-state index in [1.165, 1.54) is 16.0 Å². The van der Waals surface area contributed by atoms with Crippen molar-refractivity contribution in [3.8, 4) is 5.75 Å². The van der Waals surface area contributed by atoms with Crippen LogP contribution in [0.15, 0.2) is 60.0 Å². The largest absolute Gasteiger partial charge is 0.494 e. The lowest BCUT2D eigenvalue weighted by molar-refractivity contribution is -0.130. The first kappa shape index (κ1) is 19.5. The van der Waals surface area contributed by atoms with E-state index in [0.717, 1.165) is 36.5 Å². The Morgan fingerprint density at radius 1 is 1.14 bits per heavy atom. The molecule has 1 amide bonds. The molecule has 0 radical (unpaired) electrons. The number of carbonyl (C=O) groups excluding carboxylic acids is 1. The second kappa shape index (κ2) is 8.70. The summed E-state index contributed by atoms with van der Waals surface area (Å²) in [5.74, 6) is 1.03. The van der Waals surface area contributed by atoms with Gasteiger partial charge in [0, 0.05) is 30.6 Å². The molecule has 2 heterocycles. The van der Waals surface area contributed by atoms with Crippen LogP contribution in [0.5, 0.6) is 5.75 Å². The molecular weight excluding hydrogens is 380 g/mol. The first-order chi connectivity index (χ1) is 14.2. The lowest BCUT2D eigenvalue weighted by atomic mass is 9.93. The maximum atomic E-state index is 12.2. The lowest BCUT2D eigenvalue weighted by Gasteiger charge is -2.35. The molecule has 1 aromatic heterocycles. The standard InChI is InChI=1S/C24H26N2O2S/c1-3-28-21-10-4-18(5-11-21)16-25-20-8-6-19(7-9-20)24-22-13-15-29-23(22)12-14-26(24)17(2)27/h4-11,13,15,24-25H,3,12,14,16H2,1-2H3. The number of carbonyl (C=O) groups is 1. The Hall–Kier alpha value is -2.79. The third-order valence-electron chi connectivity index (χ3n) is 5.33. The Morgan fingerprint density at radius 3 is 2.59 bits per heavy atom. The number of nitrogens with zero attached hydrogens (tertiary/aromatic N) is 1. The Balaban J connectivity index is 1.46. The van der Waals surface area contributed by atoms with Crippen LogP contribution in [0.25, 0.3) is 0 Å². The number of hydrogen-bond acceptors (Lipinski definition) is 4. The average Bonchev–Trinajstić information content (AvgIpc) is 3.22. The molecule has 0 fully saturated rings. The summed E-state index contributed by atoms with van der Waals surface area (Å²) >= 11 is 1.79. The predicted molar refractivity (Wildman–Crippen MR) is 119 cm³/mol. The summed E-state index contributed by atoms with van der Waals surface area (Å²) in [6, 6.07) is 18.8. The molecule has 1 N–H and O–H groups in total. The maximum Gasteiger partial charge on any atom is 0.220 e. The molecule has 2 aromatic carbocycles. The molecule has 4 nitrogen and oxygen atoms in total. The van der Waals surface area contributed by atoms with Crippen LogP contribution in [-0.4, -0.2) is 24.0 Å². The van der Waals surface area contributed by atoms with E-state index in [0.29, 0.717) is 6.61 Å². The quantitative estimate of drug-likeness (QED) is 0.608. The van der Waals surface area contributed by atoms with Gasteiger partial charge in [0.2, 0.25) is 5.91 Å². The van der Waals surface area contributed by atoms with Gasteiger partial charge in [0.1, 0.15) is 5.75 Å². The van der Waals surface area contributed by atoms with Crippen LogP contribution in [0, 0.1) is 0 Å². The molecule has 3 aromatic rings. The topological polar surface area (TPSA) is 41.6 Å². The highest BCUT2D eigenvalue weighted by Gasteiger charge is 2.31. The van der Waals surface area contributed by atoms with Gasteiger partial charge in [0.05, 0.1) is 12.6 Å². The minimum Gasteiger partial charge on any atom is -0.494 e. The molecule has 0 bridgehead atoms. The van der Waals surface area contributed by atoms with Crippen molar-refractivity contribution in [3.05, 3.63) is 81.5 Å². The van der Waals surface area contributed by atoms with Crippen molar-refractivity contribution in [2.45, 2.75) is 32.9 Å². The minimum absolute atomic E-state index is 0.0164. The number of thiophene rings is 1. The van der Waals surface area contributed by atoms with E-state index < -0.39 is 0 Å². The van der Waals surface area contributed by atoms with E-state index in [1.807, 2.05) is 24.0 Å². The maximum absolute atomic E-state index is 12.2. The normalized spacial score (nSPS) is 15.7. The van der Waals surface area contributed by atoms with Crippen LogP contribution < -0.4 is 10.1 Å². The third-order valence-corrected chi connectivity index (χ3v) is 6.32. The summed E-state index contributed by atoms with van der Waals surface area (Å²) in [7, 11) is 0. The van der Waals surface area contributed by atoms with Gasteiger partial charge in [-0.25, -0.2) is 0 Å². The Bertz CT molecular complexity index is 963. The van der Waals surface area contributed by atoms with Gasteiger partial charge in [-0.15, -0.1) is 11.3 Å². The van der Waals surface area contributed by atoms with Crippen molar-refractivity contribution in [1.82, 2.24) is 4.90 Å². The van der Waals surface area contributed by atoms with Gasteiger partial charge >= 0.3 is 0 Å². The highest BCUT2D eigenvalue weighted by Crippen LogP contribution is 2.38. The first-order valence-electron chi connectivity index (χ1n) is 10.0. The molecule has 0 spiro atoms. The zero-order valence-corrected chi connectivity index (χ0v) is 17.7. The van der Waals surface area contributed by atoms with Gasteiger partial charge in [-0.2, -0.15) is 0 Å². The van der Waals surface area contributed by atoms with E-state index in [4.69, 9.17) is 4.74 Å². The first-order valence-corrected chi connectivity index (χ1v) is 10.9. The Labute approximate surface area is 176 Å². The molecule has 1 aliphatic rings. The van der Waals surface area contributed by atoms with Gasteiger partial charge in [-0.1, -0.05) is 24.3 Å². The van der Waals surface area contributed by atoms with E-state index in [-0.39, 0.29) is 11.9 Å². The van der Waals surface area contributed by atoms with Gasteiger partial charge in [-0.3, -0.25) is 4.79 Å². The van der Waals surface area contributed by atoms with Gasteiger partial charge < -0.3 is 15.0 Å².